The van der Waals surface area contributed by atoms with Gasteiger partial charge < -0.3 is 15.0 Å². The predicted octanol–water partition coefficient (Wildman–Crippen LogP) is 2.96. The fourth-order valence-electron chi connectivity index (χ4n) is 3.90. The highest BCUT2D eigenvalue weighted by molar-refractivity contribution is 7.13. The predicted molar refractivity (Wildman–Crippen MR) is 108 cm³/mol. The Morgan fingerprint density at radius 1 is 1.30 bits per heavy atom. The number of carbonyl (C=O) groups is 2. The van der Waals surface area contributed by atoms with Crippen LogP contribution in [0.4, 0.5) is 0 Å². The Labute approximate surface area is 164 Å². The summed E-state index contributed by atoms with van der Waals surface area (Å²) in [5, 5.41) is 4.89. The monoisotopic (exact) mass is 386 g/mol. The Morgan fingerprint density at radius 3 is 2.85 bits per heavy atom. The highest BCUT2D eigenvalue weighted by Gasteiger charge is 2.43. The van der Waals surface area contributed by atoms with Crippen molar-refractivity contribution in [2.45, 2.75) is 19.3 Å². The van der Waals surface area contributed by atoms with Gasteiger partial charge in [0, 0.05) is 32.1 Å². The first kappa shape index (κ1) is 19.6. The molecule has 1 fully saturated rings. The van der Waals surface area contributed by atoms with Crippen LogP contribution >= 0.6 is 11.3 Å². The zero-order valence-electron chi connectivity index (χ0n) is 15.9. The first-order valence-corrected chi connectivity index (χ1v) is 10.1. The van der Waals surface area contributed by atoms with Gasteiger partial charge in [-0.15, -0.1) is 11.3 Å². The summed E-state index contributed by atoms with van der Waals surface area (Å²) in [7, 11) is 3.19. The van der Waals surface area contributed by atoms with E-state index in [4.69, 9.17) is 4.74 Å². The Kier molecular flexibility index (Phi) is 6.29. The quantitative estimate of drug-likeness (QED) is 0.830. The van der Waals surface area contributed by atoms with E-state index in [0.29, 0.717) is 19.5 Å². The minimum Gasteiger partial charge on any atom is -0.375 e. The lowest BCUT2D eigenvalue weighted by Gasteiger charge is -2.41. The topological polar surface area (TPSA) is 58.6 Å². The number of rotatable bonds is 6. The molecule has 0 aliphatic carbocycles. The van der Waals surface area contributed by atoms with Gasteiger partial charge in [-0.3, -0.25) is 9.59 Å². The summed E-state index contributed by atoms with van der Waals surface area (Å²) in [6, 6.07) is 12.5. The Morgan fingerprint density at radius 2 is 2.15 bits per heavy atom. The van der Waals surface area contributed by atoms with Crippen molar-refractivity contribution in [1.29, 1.82) is 0 Å². The van der Waals surface area contributed by atoms with Crippen LogP contribution < -0.4 is 5.32 Å². The normalized spacial score (nSPS) is 19.7. The number of hydrogen-bond acceptors (Lipinski definition) is 4. The van der Waals surface area contributed by atoms with Gasteiger partial charge in [-0.1, -0.05) is 30.3 Å². The maximum Gasteiger partial charge on any atom is 0.248 e. The molecule has 1 aromatic carbocycles. The molecule has 6 heteroatoms. The maximum atomic E-state index is 12.9. The van der Waals surface area contributed by atoms with Crippen LogP contribution in [0.3, 0.4) is 0 Å². The Balaban J connectivity index is 1.86. The second-order valence-electron chi connectivity index (χ2n) is 7.07. The number of thiophene rings is 1. The van der Waals surface area contributed by atoms with Crippen LogP contribution in [0.2, 0.25) is 0 Å². The van der Waals surface area contributed by atoms with E-state index in [1.165, 1.54) is 12.0 Å². The Hall–Kier alpha value is -2.18. The zero-order chi connectivity index (χ0) is 19.3. The average Bonchev–Trinajstić information content (AvgIpc) is 3.23. The third-order valence-corrected chi connectivity index (χ3v) is 6.10. The van der Waals surface area contributed by atoms with Crippen molar-refractivity contribution >= 4 is 23.2 Å². The largest absolute Gasteiger partial charge is 0.375 e. The molecule has 0 saturated carbocycles. The molecule has 1 aliphatic heterocycles. The van der Waals surface area contributed by atoms with Crippen LogP contribution in [0.15, 0.2) is 41.8 Å². The van der Waals surface area contributed by atoms with E-state index in [9.17, 15) is 9.59 Å². The molecular formula is C21H26N2O3S. The van der Waals surface area contributed by atoms with Crippen molar-refractivity contribution < 1.29 is 14.3 Å². The Bertz CT molecular complexity index is 790. The summed E-state index contributed by atoms with van der Waals surface area (Å²) in [6.07, 6.45) is 2.20. The fourth-order valence-corrected chi connectivity index (χ4v) is 4.63. The molecule has 1 aliphatic rings. The van der Waals surface area contributed by atoms with Crippen LogP contribution in [0.25, 0.3) is 10.4 Å². The van der Waals surface area contributed by atoms with E-state index in [2.05, 4.69) is 35.0 Å². The molecule has 2 amide bonds. The summed E-state index contributed by atoms with van der Waals surface area (Å²) in [5.74, 6) is -0.0586. The smallest absolute Gasteiger partial charge is 0.248 e. The minimum absolute atomic E-state index is 0.000978. The number of hydrogen-bond donors (Lipinski definition) is 1. The zero-order valence-corrected chi connectivity index (χ0v) is 16.7. The summed E-state index contributed by atoms with van der Waals surface area (Å²) >= 11 is 1.70. The number of carbonyl (C=O) groups excluding carboxylic acids is 2. The third-order valence-electron chi connectivity index (χ3n) is 5.18. The minimum atomic E-state index is -0.607. The van der Waals surface area contributed by atoms with Crippen molar-refractivity contribution in [3.63, 3.8) is 0 Å². The van der Waals surface area contributed by atoms with Gasteiger partial charge in [0.15, 0.2) is 0 Å². The fraction of sp³-hybridized carbons (Fsp3) is 0.429. The second-order valence-corrected chi connectivity index (χ2v) is 8.01. The molecule has 2 heterocycles. The second kappa shape index (κ2) is 8.67. The SMILES string of the molecule is CNC(=O)C1(Cc2cccc(-c3cccs3)c2)CCCN(C(=O)COC)C1. The molecule has 1 aromatic heterocycles. The number of ether oxygens (including phenoxy) is 1. The molecule has 27 heavy (non-hydrogen) atoms. The van der Waals surface area contributed by atoms with Gasteiger partial charge in [-0.2, -0.15) is 0 Å². The summed E-state index contributed by atoms with van der Waals surface area (Å²) in [6.45, 7) is 1.16. The van der Waals surface area contributed by atoms with Crippen LogP contribution in [-0.2, 0) is 20.7 Å². The van der Waals surface area contributed by atoms with E-state index in [1.807, 2.05) is 12.1 Å². The van der Waals surface area contributed by atoms with Gasteiger partial charge in [0.2, 0.25) is 11.8 Å². The molecule has 1 N–H and O–H groups in total. The molecule has 144 valence electrons. The molecule has 0 spiro atoms. The highest BCUT2D eigenvalue weighted by Crippen LogP contribution is 2.35. The van der Waals surface area contributed by atoms with Crippen molar-refractivity contribution in [1.82, 2.24) is 10.2 Å². The molecule has 0 bridgehead atoms. The molecule has 5 nitrogen and oxygen atoms in total. The standard InChI is InChI=1S/C21H26N2O3S/c1-22-20(25)21(9-5-10-23(15-21)19(24)14-26-2)13-16-6-3-7-17(12-16)18-8-4-11-27-18/h3-4,6-8,11-12H,5,9-10,13-15H2,1-2H3,(H,22,25). The number of amides is 2. The molecular weight excluding hydrogens is 360 g/mol. The van der Waals surface area contributed by atoms with E-state index in [0.717, 1.165) is 24.0 Å². The lowest BCUT2D eigenvalue weighted by atomic mass is 9.74. The lowest BCUT2D eigenvalue weighted by Crippen LogP contribution is -2.54. The molecule has 1 atom stereocenters. The average molecular weight is 387 g/mol. The number of piperidine rings is 1. The summed E-state index contributed by atoms with van der Waals surface area (Å²) in [5.41, 5.74) is 1.67. The van der Waals surface area contributed by atoms with Gasteiger partial charge in [0.05, 0.1) is 5.41 Å². The van der Waals surface area contributed by atoms with Crippen LogP contribution in [0.1, 0.15) is 18.4 Å². The van der Waals surface area contributed by atoms with Crippen LogP contribution in [0.5, 0.6) is 0 Å². The summed E-state index contributed by atoms with van der Waals surface area (Å²) in [4.78, 5) is 28.2. The molecule has 1 saturated heterocycles. The van der Waals surface area contributed by atoms with Gasteiger partial charge in [0.1, 0.15) is 6.61 Å². The molecule has 3 rings (SSSR count). The van der Waals surface area contributed by atoms with Crippen molar-refractivity contribution in [3.8, 4) is 10.4 Å². The van der Waals surface area contributed by atoms with E-state index in [1.54, 1.807) is 23.3 Å². The number of likely N-dealkylation sites (tertiary alicyclic amines) is 1. The molecule has 2 aromatic rings. The van der Waals surface area contributed by atoms with Gasteiger partial charge in [-0.05, 0) is 41.8 Å². The maximum absolute atomic E-state index is 12.9. The van der Waals surface area contributed by atoms with Gasteiger partial charge >= 0.3 is 0 Å². The van der Waals surface area contributed by atoms with Crippen LogP contribution in [-0.4, -0.2) is 50.6 Å². The van der Waals surface area contributed by atoms with Gasteiger partial charge in [0.25, 0.3) is 0 Å². The number of nitrogens with one attached hydrogen (secondary N) is 1. The first-order chi connectivity index (χ1) is 13.1. The number of benzene rings is 1. The first-order valence-electron chi connectivity index (χ1n) is 9.20. The van der Waals surface area contributed by atoms with E-state index in [-0.39, 0.29) is 18.4 Å². The van der Waals surface area contributed by atoms with Crippen molar-refractivity contribution in [2.75, 3.05) is 33.9 Å². The van der Waals surface area contributed by atoms with Crippen LogP contribution in [0, 0.1) is 5.41 Å². The lowest BCUT2D eigenvalue weighted by molar-refractivity contribution is -0.143. The third kappa shape index (κ3) is 4.39. The van der Waals surface area contributed by atoms with E-state index >= 15 is 0 Å². The highest BCUT2D eigenvalue weighted by atomic mass is 32.1. The molecule has 0 radical (unpaired) electrons. The number of methoxy groups -OCH3 is 1. The van der Waals surface area contributed by atoms with Crippen molar-refractivity contribution in [2.24, 2.45) is 5.41 Å². The summed E-state index contributed by atoms with van der Waals surface area (Å²) < 4.78 is 5.00. The van der Waals surface area contributed by atoms with Gasteiger partial charge in [-0.25, -0.2) is 0 Å². The van der Waals surface area contributed by atoms with E-state index < -0.39 is 5.41 Å². The van der Waals surface area contributed by atoms with Crippen molar-refractivity contribution in [3.05, 3.63) is 47.3 Å². The molecule has 1 unspecified atom stereocenters. The number of nitrogens with zero attached hydrogens (tertiary/aromatic N) is 1.